The minimum absolute atomic E-state index is 0.0121. The number of nitrogens with zero attached hydrogens (tertiary/aromatic N) is 1. The van der Waals surface area contributed by atoms with Gasteiger partial charge in [-0.1, -0.05) is 32.1 Å². The topological polar surface area (TPSA) is 52.9 Å². The quantitative estimate of drug-likeness (QED) is 0.798. The number of carbonyl (C=O) groups excluding carboxylic acids is 1. The fourth-order valence-corrected chi connectivity index (χ4v) is 3.22. The summed E-state index contributed by atoms with van der Waals surface area (Å²) in [5.41, 5.74) is -0.789. The molecule has 1 amide bonds. The second kappa shape index (κ2) is 4.68. The summed E-state index contributed by atoms with van der Waals surface area (Å²) in [6, 6.07) is 2.27. The molecule has 0 heterocycles. The van der Waals surface area contributed by atoms with Gasteiger partial charge in [0.1, 0.15) is 5.41 Å². The Morgan fingerprint density at radius 2 is 1.59 bits per heavy atom. The molecule has 2 saturated carbocycles. The number of carbonyl (C=O) groups is 1. The fourth-order valence-electron chi connectivity index (χ4n) is 3.22. The van der Waals surface area contributed by atoms with Crippen molar-refractivity contribution < 1.29 is 4.79 Å². The molecule has 0 atom stereocenters. The Bertz CT molecular complexity index is 331. The first-order valence-electron chi connectivity index (χ1n) is 6.84. The van der Waals surface area contributed by atoms with Crippen LogP contribution in [0.25, 0.3) is 0 Å². The van der Waals surface area contributed by atoms with Crippen molar-refractivity contribution in [2.45, 2.75) is 70.3 Å². The molecule has 0 aliphatic heterocycles. The summed E-state index contributed by atoms with van der Waals surface area (Å²) in [5, 5.41) is 12.5. The van der Waals surface area contributed by atoms with Crippen molar-refractivity contribution in [3.8, 4) is 6.07 Å². The maximum atomic E-state index is 12.3. The molecule has 2 aliphatic carbocycles. The fraction of sp³-hybridized carbons (Fsp3) is 0.857. The number of rotatable bonds is 2. The highest BCUT2D eigenvalue weighted by Gasteiger charge is 2.43. The summed E-state index contributed by atoms with van der Waals surface area (Å²) < 4.78 is 0. The molecule has 3 heteroatoms. The van der Waals surface area contributed by atoms with E-state index in [1.54, 1.807) is 0 Å². The molecule has 2 rings (SSSR count). The Labute approximate surface area is 104 Å². The Morgan fingerprint density at radius 3 is 2.12 bits per heavy atom. The van der Waals surface area contributed by atoms with Crippen LogP contribution < -0.4 is 5.32 Å². The van der Waals surface area contributed by atoms with E-state index in [1.807, 2.05) is 0 Å². The van der Waals surface area contributed by atoms with Crippen molar-refractivity contribution in [1.82, 2.24) is 5.32 Å². The van der Waals surface area contributed by atoms with E-state index in [-0.39, 0.29) is 11.4 Å². The predicted octanol–water partition coefficient (Wildman–Crippen LogP) is 2.91. The smallest absolute Gasteiger partial charge is 0.240 e. The Hall–Kier alpha value is -1.04. The van der Waals surface area contributed by atoms with Gasteiger partial charge < -0.3 is 5.32 Å². The molecule has 0 saturated heterocycles. The van der Waals surface area contributed by atoms with Gasteiger partial charge in [-0.15, -0.1) is 0 Å². The first kappa shape index (κ1) is 12.4. The molecule has 0 aromatic rings. The number of amides is 1. The number of nitrogens with one attached hydrogen (secondary N) is 1. The molecule has 0 unspecified atom stereocenters. The molecule has 2 aliphatic rings. The number of hydrogen-bond acceptors (Lipinski definition) is 2. The third kappa shape index (κ3) is 2.46. The summed E-state index contributed by atoms with van der Waals surface area (Å²) in [7, 11) is 0. The van der Waals surface area contributed by atoms with Crippen LogP contribution in [0.1, 0.15) is 64.7 Å². The molecule has 0 bridgehead atoms. The van der Waals surface area contributed by atoms with Crippen molar-refractivity contribution in [2.75, 3.05) is 0 Å². The van der Waals surface area contributed by atoms with E-state index in [0.29, 0.717) is 0 Å². The summed E-state index contributed by atoms with van der Waals surface area (Å²) >= 11 is 0. The highest BCUT2D eigenvalue weighted by Crippen LogP contribution is 2.39. The van der Waals surface area contributed by atoms with Crippen LogP contribution >= 0.6 is 0 Å². The van der Waals surface area contributed by atoms with Crippen molar-refractivity contribution >= 4 is 5.91 Å². The van der Waals surface area contributed by atoms with Gasteiger partial charge in [-0.05, 0) is 32.6 Å². The molecule has 94 valence electrons. The van der Waals surface area contributed by atoms with Crippen LogP contribution in [0.2, 0.25) is 0 Å². The van der Waals surface area contributed by atoms with Gasteiger partial charge in [0.25, 0.3) is 0 Å². The standard InChI is InChI=1S/C14H22N2O/c1-13(7-3-2-4-8-13)16-12(17)14(11-15)9-5-6-10-14/h2-10H2,1H3,(H,16,17). The van der Waals surface area contributed by atoms with Crippen molar-refractivity contribution in [1.29, 1.82) is 5.26 Å². The summed E-state index contributed by atoms with van der Waals surface area (Å²) in [6.45, 7) is 2.13. The van der Waals surface area contributed by atoms with E-state index in [1.165, 1.54) is 19.3 Å². The lowest BCUT2D eigenvalue weighted by Crippen LogP contribution is -2.52. The average Bonchev–Trinajstić information content (AvgIpc) is 2.79. The first-order chi connectivity index (χ1) is 8.10. The van der Waals surface area contributed by atoms with Gasteiger partial charge in [-0.25, -0.2) is 0 Å². The van der Waals surface area contributed by atoms with Crippen LogP contribution in [0.15, 0.2) is 0 Å². The Kier molecular flexibility index (Phi) is 3.42. The Balaban J connectivity index is 2.03. The molecule has 3 nitrogen and oxygen atoms in total. The van der Waals surface area contributed by atoms with Gasteiger partial charge in [-0.3, -0.25) is 4.79 Å². The van der Waals surface area contributed by atoms with E-state index in [2.05, 4.69) is 18.3 Å². The summed E-state index contributed by atoms with van der Waals surface area (Å²) in [5.74, 6) is -0.0121. The molecule has 0 spiro atoms. The summed E-state index contributed by atoms with van der Waals surface area (Å²) in [6.07, 6.45) is 9.27. The van der Waals surface area contributed by atoms with Crippen molar-refractivity contribution in [3.05, 3.63) is 0 Å². The van der Waals surface area contributed by atoms with Gasteiger partial charge in [-0.2, -0.15) is 5.26 Å². The van der Waals surface area contributed by atoms with Crippen molar-refractivity contribution in [3.63, 3.8) is 0 Å². The number of hydrogen-bond donors (Lipinski definition) is 1. The van der Waals surface area contributed by atoms with Crippen LogP contribution in [0, 0.1) is 16.7 Å². The highest BCUT2D eigenvalue weighted by molar-refractivity contribution is 5.86. The Morgan fingerprint density at radius 1 is 1.06 bits per heavy atom. The minimum atomic E-state index is -0.722. The third-order valence-corrected chi connectivity index (χ3v) is 4.48. The van der Waals surface area contributed by atoms with E-state index >= 15 is 0 Å². The predicted molar refractivity (Wildman–Crippen MR) is 66.1 cm³/mol. The van der Waals surface area contributed by atoms with Gasteiger partial charge in [0, 0.05) is 5.54 Å². The van der Waals surface area contributed by atoms with E-state index in [0.717, 1.165) is 38.5 Å². The average molecular weight is 234 g/mol. The second-order valence-electron chi connectivity index (χ2n) is 5.98. The lowest BCUT2D eigenvalue weighted by molar-refractivity contribution is -0.130. The monoisotopic (exact) mass is 234 g/mol. The van der Waals surface area contributed by atoms with Gasteiger partial charge in [0.2, 0.25) is 5.91 Å². The van der Waals surface area contributed by atoms with Crippen LogP contribution in [-0.4, -0.2) is 11.4 Å². The lowest BCUT2D eigenvalue weighted by atomic mass is 9.80. The SMILES string of the molecule is CC1(NC(=O)C2(C#N)CCCC2)CCCCC1. The molecule has 17 heavy (non-hydrogen) atoms. The number of nitriles is 1. The van der Waals surface area contributed by atoms with E-state index < -0.39 is 5.41 Å². The van der Waals surface area contributed by atoms with Crippen LogP contribution in [0.4, 0.5) is 0 Å². The molecule has 2 fully saturated rings. The molecule has 0 aromatic heterocycles. The van der Waals surface area contributed by atoms with Crippen LogP contribution in [0.5, 0.6) is 0 Å². The van der Waals surface area contributed by atoms with Crippen LogP contribution in [-0.2, 0) is 4.79 Å². The maximum absolute atomic E-state index is 12.3. The largest absolute Gasteiger partial charge is 0.350 e. The van der Waals surface area contributed by atoms with Crippen molar-refractivity contribution in [2.24, 2.45) is 5.41 Å². The zero-order valence-electron chi connectivity index (χ0n) is 10.7. The first-order valence-corrected chi connectivity index (χ1v) is 6.84. The maximum Gasteiger partial charge on any atom is 0.240 e. The zero-order chi connectivity index (χ0) is 12.4. The molecule has 0 radical (unpaired) electrons. The van der Waals surface area contributed by atoms with Crippen LogP contribution in [0.3, 0.4) is 0 Å². The van der Waals surface area contributed by atoms with Gasteiger partial charge in [0.05, 0.1) is 6.07 Å². The van der Waals surface area contributed by atoms with E-state index in [9.17, 15) is 10.1 Å². The highest BCUT2D eigenvalue weighted by atomic mass is 16.2. The lowest BCUT2D eigenvalue weighted by Gasteiger charge is -2.36. The molecule has 0 aromatic carbocycles. The van der Waals surface area contributed by atoms with Gasteiger partial charge >= 0.3 is 0 Å². The summed E-state index contributed by atoms with van der Waals surface area (Å²) in [4.78, 5) is 12.3. The zero-order valence-corrected chi connectivity index (χ0v) is 10.7. The molecular weight excluding hydrogens is 212 g/mol. The normalized spacial score (nSPS) is 26.1. The van der Waals surface area contributed by atoms with E-state index in [4.69, 9.17) is 0 Å². The third-order valence-electron chi connectivity index (χ3n) is 4.48. The minimum Gasteiger partial charge on any atom is -0.350 e. The second-order valence-corrected chi connectivity index (χ2v) is 5.98. The van der Waals surface area contributed by atoms with Gasteiger partial charge in [0.15, 0.2) is 0 Å². The molecule has 1 N–H and O–H groups in total. The molecular formula is C14H22N2O.